The summed E-state index contributed by atoms with van der Waals surface area (Å²) in [7, 11) is 0. The third kappa shape index (κ3) is 2.89. The van der Waals surface area contributed by atoms with E-state index in [1.165, 1.54) is 36.8 Å². The van der Waals surface area contributed by atoms with Crippen LogP contribution in [0.5, 0.6) is 0 Å². The molecule has 0 aromatic heterocycles. The second kappa shape index (κ2) is 5.46. The van der Waals surface area contributed by atoms with E-state index in [1.807, 2.05) is 6.07 Å². The van der Waals surface area contributed by atoms with E-state index in [0.717, 1.165) is 31.0 Å². The van der Waals surface area contributed by atoms with Gasteiger partial charge in [-0.05, 0) is 68.3 Å². The molecule has 0 bridgehead atoms. The van der Waals surface area contributed by atoms with Gasteiger partial charge in [0, 0.05) is 5.56 Å². The van der Waals surface area contributed by atoms with Crippen molar-refractivity contribution in [2.75, 3.05) is 19.6 Å². The van der Waals surface area contributed by atoms with E-state index in [9.17, 15) is 4.79 Å². The first kappa shape index (κ1) is 12.9. The molecule has 1 saturated heterocycles. The lowest BCUT2D eigenvalue weighted by molar-refractivity contribution is 0.0899. The maximum Gasteiger partial charge on any atom is 0.176 e. The maximum absolute atomic E-state index is 12.4. The van der Waals surface area contributed by atoms with Crippen LogP contribution in [0.15, 0.2) is 18.2 Å². The molecule has 1 aromatic rings. The lowest BCUT2D eigenvalue weighted by Crippen LogP contribution is -2.36. The van der Waals surface area contributed by atoms with Crippen molar-refractivity contribution in [3.05, 3.63) is 34.9 Å². The van der Waals surface area contributed by atoms with E-state index in [2.05, 4.69) is 24.0 Å². The number of piperidine rings is 1. The third-order valence-corrected chi connectivity index (χ3v) is 4.66. The molecule has 1 heterocycles. The quantitative estimate of drug-likeness (QED) is 0.776. The number of nitrogens with zero attached hydrogens (tertiary/aromatic N) is 1. The normalized spacial score (nSPS) is 20.5. The summed E-state index contributed by atoms with van der Waals surface area (Å²) >= 11 is 0. The number of carbonyl (C=O) groups excluding carboxylic acids is 1. The molecule has 0 amide bonds. The molecule has 19 heavy (non-hydrogen) atoms. The van der Waals surface area contributed by atoms with Crippen LogP contribution in [-0.2, 0) is 12.8 Å². The van der Waals surface area contributed by atoms with E-state index in [0.29, 0.717) is 12.3 Å². The first-order valence-electron chi connectivity index (χ1n) is 7.60. The van der Waals surface area contributed by atoms with Gasteiger partial charge in [-0.25, -0.2) is 0 Å². The molecule has 2 nitrogen and oxygen atoms in total. The van der Waals surface area contributed by atoms with Crippen molar-refractivity contribution in [2.45, 2.75) is 39.0 Å². The number of benzene rings is 1. The molecule has 2 aliphatic rings. The SMILES string of the molecule is CC1CCN(CC(=O)c2ccc3c(c2)CCC3)CC1. The lowest BCUT2D eigenvalue weighted by Gasteiger charge is -2.29. The molecule has 0 atom stereocenters. The predicted octanol–water partition coefficient (Wildman–Crippen LogP) is 3.09. The van der Waals surface area contributed by atoms with Crippen molar-refractivity contribution in [3.8, 4) is 0 Å². The summed E-state index contributed by atoms with van der Waals surface area (Å²) in [6.07, 6.45) is 6.05. The van der Waals surface area contributed by atoms with Crippen molar-refractivity contribution in [2.24, 2.45) is 5.92 Å². The summed E-state index contributed by atoms with van der Waals surface area (Å²) in [5, 5.41) is 0. The summed E-state index contributed by atoms with van der Waals surface area (Å²) in [5.74, 6) is 1.12. The second-order valence-corrected chi connectivity index (χ2v) is 6.22. The Labute approximate surface area is 115 Å². The number of carbonyl (C=O) groups is 1. The highest BCUT2D eigenvalue weighted by Gasteiger charge is 2.19. The van der Waals surface area contributed by atoms with Gasteiger partial charge < -0.3 is 0 Å². The van der Waals surface area contributed by atoms with E-state index < -0.39 is 0 Å². The summed E-state index contributed by atoms with van der Waals surface area (Å²) in [5.41, 5.74) is 3.76. The van der Waals surface area contributed by atoms with Crippen molar-refractivity contribution in [1.29, 1.82) is 0 Å². The Morgan fingerprint density at radius 2 is 1.95 bits per heavy atom. The van der Waals surface area contributed by atoms with Crippen LogP contribution in [0.3, 0.4) is 0 Å². The number of ketones is 1. The number of fused-ring (bicyclic) bond motifs is 1. The number of likely N-dealkylation sites (tertiary alicyclic amines) is 1. The fourth-order valence-corrected chi connectivity index (χ4v) is 3.26. The minimum absolute atomic E-state index is 0.296. The fourth-order valence-electron chi connectivity index (χ4n) is 3.26. The summed E-state index contributed by atoms with van der Waals surface area (Å²) in [6, 6.07) is 6.32. The molecule has 0 spiro atoms. The smallest absolute Gasteiger partial charge is 0.176 e. The van der Waals surface area contributed by atoms with Gasteiger partial charge in [0.15, 0.2) is 5.78 Å². The monoisotopic (exact) mass is 257 g/mol. The molecule has 1 aliphatic carbocycles. The Morgan fingerprint density at radius 3 is 2.74 bits per heavy atom. The standard InChI is InChI=1S/C17H23NO/c1-13-7-9-18(10-8-13)12-17(19)16-6-5-14-3-2-4-15(14)11-16/h5-6,11,13H,2-4,7-10,12H2,1H3. The van der Waals surface area contributed by atoms with Crippen LogP contribution < -0.4 is 0 Å². The molecular weight excluding hydrogens is 234 g/mol. The first-order chi connectivity index (χ1) is 9.22. The zero-order chi connectivity index (χ0) is 13.2. The summed E-state index contributed by atoms with van der Waals surface area (Å²) in [6.45, 7) is 5.07. The lowest BCUT2D eigenvalue weighted by atomic mass is 9.98. The van der Waals surface area contributed by atoms with Gasteiger partial charge in [-0.3, -0.25) is 9.69 Å². The molecule has 0 radical (unpaired) electrons. The van der Waals surface area contributed by atoms with Crippen LogP contribution in [0.25, 0.3) is 0 Å². The Hall–Kier alpha value is -1.15. The maximum atomic E-state index is 12.4. The molecule has 0 unspecified atom stereocenters. The Morgan fingerprint density at radius 1 is 1.21 bits per heavy atom. The molecular formula is C17H23NO. The van der Waals surface area contributed by atoms with Gasteiger partial charge in [0.25, 0.3) is 0 Å². The van der Waals surface area contributed by atoms with Gasteiger partial charge in [0.05, 0.1) is 6.54 Å². The number of rotatable bonds is 3. The van der Waals surface area contributed by atoms with Crippen molar-refractivity contribution >= 4 is 5.78 Å². The van der Waals surface area contributed by atoms with E-state index in [1.54, 1.807) is 0 Å². The van der Waals surface area contributed by atoms with Crippen LogP contribution in [0.2, 0.25) is 0 Å². The second-order valence-electron chi connectivity index (χ2n) is 6.22. The van der Waals surface area contributed by atoms with Crippen LogP contribution in [-0.4, -0.2) is 30.3 Å². The van der Waals surface area contributed by atoms with Crippen LogP contribution in [0.4, 0.5) is 0 Å². The van der Waals surface area contributed by atoms with Crippen LogP contribution >= 0.6 is 0 Å². The van der Waals surface area contributed by atoms with Crippen molar-refractivity contribution in [1.82, 2.24) is 4.90 Å². The average molecular weight is 257 g/mol. The van der Waals surface area contributed by atoms with Gasteiger partial charge in [-0.15, -0.1) is 0 Å². The number of aryl methyl sites for hydroxylation is 2. The van der Waals surface area contributed by atoms with Gasteiger partial charge in [-0.1, -0.05) is 19.1 Å². The third-order valence-electron chi connectivity index (χ3n) is 4.66. The molecule has 1 fully saturated rings. The zero-order valence-electron chi connectivity index (χ0n) is 11.8. The van der Waals surface area contributed by atoms with Crippen molar-refractivity contribution in [3.63, 3.8) is 0 Å². The Bertz CT molecular complexity index is 472. The minimum atomic E-state index is 0.296. The van der Waals surface area contributed by atoms with Gasteiger partial charge in [0.2, 0.25) is 0 Å². The zero-order valence-corrected chi connectivity index (χ0v) is 11.8. The highest BCUT2D eigenvalue weighted by Crippen LogP contribution is 2.23. The fraction of sp³-hybridized carbons (Fsp3) is 0.588. The van der Waals surface area contributed by atoms with E-state index >= 15 is 0 Å². The molecule has 1 aromatic carbocycles. The number of Topliss-reactive ketones (excluding diaryl/α,β-unsaturated/α-hetero) is 1. The largest absolute Gasteiger partial charge is 0.296 e. The molecule has 1 aliphatic heterocycles. The highest BCUT2D eigenvalue weighted by atomic mass is 16.1. The molecule has 3 rings (SSSR count). The van der Waals surface area contributed by atoms with Gasteiger partial charge in [-0.2, -0.15) is 0 Å². The van der Waals surface area contributed by atoms with Crippen LogP contribution in [0, 0.1) is 5.92 Å². The summed E-state index contributed by atoms with van der Waals surface area (Å²) < 4.78 is 0. The van der Waals surface area contributed by atoms with Crippen molar-refractivity contribution < 1.29 is 4.79 Å². The van der Waals surface area contributed by atoms with Gasteiger partial charge >= 0.3 is 0 Å². The molecule has 0 N–H and O–H groups in total. The van der Waals surface area contributed by atoms with E-state index in [-0.39, 0.29) is 0 Å². The first-order valence-corrected chi connectivity index (χ1v) is 7.60. The summed E-state index contributed by atoms with van der Waals surface area (Å²) in [4.78, 5) is 14.7. The van der Waals surface area contributed by atoms with Gasteiger partial charge in [0.1, 0.15) is 0 Å². The number of hydrogen-bond donors (Lipinski definition) is 0. The average Bonchev–Trinajstić information content (AvgIpc) is 2.88. The molecule has 0 saturated carbocycles. The van der Waals surface area contributed by atoms with E-state index in [4.69, 9.17) is 0 Å². The Balaban J connectivity index is 1.64. The number of hydrogen-bond acceptors (Lipinski definition) is 2. The topological polar surface area (TPSA) is 20.3 Å². The predicted molar refractivity (Wildman–Crippen MR) is 77.6 cm³/mol. The molecule has 102 valence electrons. The molecule has 2 heteroatoms. The Kier molecular flexibility index (Phi) is 3.69. The minimum Gasteiger partial charge on any atom is -0.296 e. The van der Waals surface area contributed by atoms with Crippen LogP contribution in [0.1, 0.15) is 47.7 Å². The highest BCUT2D eigenvalue weighted by molar-refractivity contribution is 5.97.